The second-order valence-electron chi connectivity index (χ2n) is 3.73. The maximum atomic E-state index is 10.6. The molecule has 1 aromatic carbocycles. The molecule has 0 radical (unpaired) electrons. The van der Waals surface area contributed by atoms with E-state index in [1.165, 1.54) is 11.6 Å². The van der Waals surface area contributed by atoms with E-state index in [4.69, 9.17) is 0 Å². The van der Waals surface area contributed by atoms with Crippen molar-refractivity contribution in [1.29, 1.82) is 0 Å². The molecule has 0 aliphatic carbocycles. The molecule has 2 rings (SSSR count). The number of hydrogen-bond donors (Lipinski definition) is 1. The van der Waals surface area contributed by atoms with Crippen LogP contribution in [0, 0.1) is 13.7 Å². The number of benzene rings is 1. The van der Waals surface area contributed by atoms with Gasteiger partial charge in [-0.25, -0.2) is 0 Å². The van der Waals surface area contributed by atoms with Gasteiger partial charge >= 0.3 is 0 Å². The van der Waals surface area contributed by atoms with Crippen LogP contribution < -0.4 is 5.32 Å². The van der Waals surface area contributed by atoms with Crippen LogP contribution >= 0.6 is 33.9 Å². The molecule has 0 atom stereocenters. The van der Waals surface area contributed by atoms with Crippen LogP contribution in [0.25, 0.3) is 0 Å². The highest BCUT2D eigenvalue weighted by molar-refractivity contribution is 14.1. The number of thiophene rings is 1. The minimum atomic E-state index is -0.378. The molecule has 0 saturated heterocycles. The number of halogens is 1. The molecular weight excluding hydrogens is 363 g/mol. The van der Waals surface area contributed by atoms with Gasteiger partial charge in [0, 0.05) is 27.9 Å². The molecule has 2 aromatic rings. The molecule has 6 heteroatoms. The smallest absolute Gasteiger partial charge is 0.270 e. The van der Waals surface area contributed by atoms with Crippen molar-refractivity contribution in [3.63, 3.8) is 0 Å². The Morgan fingerprint density at radius 1 is 1.39 bits per heavy atom. The lowest BCUT2D eigenvalue weighted by atomic mass is 10.2. The largest absolute Gasteiger partial charge is 0.384 e. The van der Waals surface area contributed by atoms with Crippen molar-refractivity contribution in [2.75, 3.05) is 11.9 Å². The summed E-state index contributed by atoms with van der Waals surface area (Å²) in [6.07, 6.45) is 0.955. The SMILES string of the molecule is O=[N+]([O-])c1ccc(NCCc2ccsc2)c(I)c1. The fraction of sp³-hybridized carbons (Fsp3) is 0.167. The van der Waals surface area contributed by atoms with Crippen molar-refractivity contribution in [2.24, 2.45) is 0 Å². The van der Waals surface area contributed by atoms with E-state index >= 15 is 0 Å². The first-order chi connectivity index (χ1) is 8.66. The summed E-state index contributed by atoms with van der Waals surface area (Å²) >= 11 is 3.80. The van der Waals surface area contributed by atoms with E-state index in [2.05, 4.69) is 44.7 Å². The van der Waals surface area contributed by atoms with Gasteiger partial charge in [-0.3, -0.25) is 10.1 Å². The average Bonchev–Trinajstić information content (AvgIpc) is 2.84. The van der Waals surface area contributed by atoms with Gasteiger partial charge in [0.2, 0.25) is 0 Å². The van der Waals surface area contributed by atoms with Crippen molar-refractivity contribution < 1.29 is 4.92 Å². The Labute approximate surface area is 122 Å². The van der Waals surface area contributed by atoms with Gasteiger partial charge in [-0.15, -0.1) is 0 Å². The summed E-state index contributed by atoms with van der Waals surface area (Å²) in [5, 5.41) is 18.1. The van der Waals surface area contributed by atoms with Crippen LogP contribution in [0.2, 0.25) is 0 Å². The predicted molar refractivity (Wildman–Crippen MR) is 82.3 cm³/mol. The first kappa shape index (κ1) is 13.3. The van der Waals surface area contributed by atoms with Crippen LogP contribution in [0.5, 0.6) is 0 Å². The number of rotatable bonds is 5. The highest BCUT2D eigenvalue weighted by atomic mass is 127. The number of hydrogen-bond acceptors (Lipinski definition) is 4. The Morgan fingerprint density at radius 3 is 2.83 bits per heavy atom. The maximum Gasteiger partial charge on any atom is 0.270 e. The monoisotopic (exact) mass is 374 g/mol. The number of anilines is 1. The Kier molecular flexibility index (Phi) is 4.54. The number of nitrogens with zero attached hydrogens (tertiary/aromatic N) is 1. The van der Waals surface area contributed by atoms with Crippen molar-refractivity contribution in [3.8, 4) is 0 Å². The van der Waals surface area contributed by atoms with E-state index in [1.807, 2.05) is 0 Å². The Bertz CT molecular complexity index is 543. The third kappa shape index (κ3) is 3.42. The fourth-order valence-corrected chi connectivity index (χ4v) is 2.93. The van der Waals surface area contributed by atoms with E-state index in [1.54, 1.807) is 23.5 Å². The third-order valence-electron chi connectivity index (χ3n) is 2.47. The number of nitro groups is 1. The van der Waals surface area contributed by atoms with Crippen LogP contribution in [-0.2, 0) is 6.42 Å². The molecule has 1 heterocycles. The summed E-state index contributed by atoms with van der Waals surface area (Å²) in [6, 6.07) is 6.96. The number of nitrogens with one attached hydrogen (secondary N) is 1. The van der Waals surface area contributed by atoms with E-state index < -0.39 is 0 Å². The zero-order valence-corrected chi connectivity index (χ0v) is 12.4. The first-order valence-corrected chi connectivity index (χ1v) is 7.38. The van der Waals surface area contributed by atoms with Crippen LogP contribution in [-0.4, -0.2) is 11.5 Å². The zero-order chi connectivity index (χ0) is 13.0. The highest BCUT2D eigenvalue weighted by Crippen LogP contribution is 2.23. The molecule has 0 aliphatic rings. The van der Waals surface area contributed by atoms with Gasteiger partial charge in [0.15, 0.2) is 0 Å². The van der Waals surface area contributed by atoms with Crippen molar-refractivity contribution in [1.82, 2.24) is 0 Å². The molecule has 94 valence electrons. The van der Waals surface area contributed by atoms with Crippen LogP contribution in [0.1, 0.15) is 5.56 Å². The lowest BCUT2D eigenvalue weighted by Gasteiger charge is -2.07. The van der Waals surface area contributed by atoms with Gasteiger partial charge in [-0.1, -0.05) is 0 Å². The van der Waals surface area contributed by atoms with Gasteiger partial charge < -0.3 is 5.32 Å². The summed E-state index contributed by atoms with van der Waals surface area (Å²) in [5.74, 6) is 0. The maximum absolute atomic E-state index is 10.6. The topological polar surface area (TPSA) is 55.2 Å². The average molecular weight is 374 g/mol. The Morgan fingerprint density at radius 2 is 2.22 bits per heavy atom. The molecular formula is C12H11IN2O2S. The van der Waals surface area contributed by atoms with E-state index in [0.29, 0.717) is 0 Å². The number of nitro benzene ring substituents is 1. The quantitative estimate of drug-likeness (QED) is 0.491. The van der Waals surface area contributed by atoms with Crippen molar-refractivity contribution in [3.05, 3.63) is 54.3 Å². The molecule has 0 amide bonds. The molecule has 0 fully saturated rings. The molecule has 0 saturated carbocycles. The molecule has 1 N–H and O–H groups in total. The van der Waals surface area contributed by atoms with E-state index in [-0.39, 0.29) is 10.6 Å². The minimum Gasteiger partial charge on any atom is -0.384 e. The van der Waals surface area contributed by atoms with Crippen molar-refractivity contribution >= 4 is 45.3 Å². The first-order valence-electron chi connectivity index (χ1n) is 5.35. The second kappa shape index (κ2) is 6.14. The van der Waals surface area contributed by atoms with Gasteiger partial charge in [0.05, 0.1) is 4.92 Å². The Balaban J connectivity index is 1.95. The summed E-state index contributed by atoms with van der Waals surface area (Å²) in [7, 11) is 0. The lowest BCUT2D eigenvalue weighted by molar-refractivity contribution is -0.384. The van der Waals surface area contributed by atoms with Gasteiger partial charge in [-0.05, 0) is 57.5 Å². The predicted octanol–water partition coefficient (Wildman–Crippen LogP) is 3.92. The summed E-state index contributed by atoms with van der Waals surface area (Å²) in [5.41, 5.74) is 2.38. The normalized spacial score (nSPS) is 10.3. The standard InChI is InChI=1S/C12H11IN2O2S/c13-11-7-10(15(16)17)1-2-12(11)14-5-3-9-4-6-18-8-9/h1-2,4,6-8,14H,3,5H2. The van der Waals surface area contributed by atoms with E-state index in [9.17, 15) is 10.1 Å². The van der Waals surface area contributed by atoms with Crippen LogP contribution in [0.4, 0.5) is 11.4 Å². The van der Waals surface area contributed by atoms with Crippen LogP contribution in [0.3, 0.4) is 0 Å². The zero-order valence-electron chi connectivity index (χ0n) is 9.43. The van der Waals surface area contributed by atoms with E-state index in [0.717, 1.165) is 22.2 Å². The molecule has 4 nitrogen and oxygen atoms in total. The fourth-order valence-electron chi connectivity index (χ4n) is 1.54. The third-order valence-corrected chi connectivity index (χ3v) is 4.10. The summed E-state index contributed by atoms with van der Waals surface area (Å²) < 4.78 is 0.868. The van der Waals surface area contributed by atoms with Crippen molar-refractivity contribution in [2.45, 2.75) is 6.42 Å². The minimum absolute atomic E-state index is 0.128. The van der Waals surface area contributed by atoms with Gasteiger partial charge in [-0.2, -0.15) is 11.3 Å². The lowest BCUT2D eigenvalue weighted by Crippen LogP contribution is -2.05. The molecule has 0 bridgehead atoms. The molecule has 0 unspecified atom stereocenters. The van der Waals surface area contributed by atoms with Crippen LogP contribution in [0.15, 0.2) is 35.0 Å². The summed E-state index contributed by atoms with van der Waals surface area (Å²) in [6.45, 7) is 0.824. The Hall–Kier alpha value is -1.15. The van der Waals surface area contributed by atoms with Gasteiger partial charge in [0.25, 0.3) is 5.69 Å². The summed E-state index contributed by atoms with van der Waals surface area (Å²) in [4.78, 5) is 10.2. The second-order valence-corrected chi connectivity index (χ2v) is 5.67. The molecule has 1 aromatic heterocycles. The number of non-ortho nitro benzene ring substituents is 1. The molecule has 18 heavy (non-hydrogen) atoms. The molecule has 0 aliphatic heterocycles. The molecule has 0 spiro atoms. The van der Waals surface area contributed by atoms with Gasteiger partial charge in [0.1, 0.15) is 0 Å². The highest BCUT2D eigenvalue weighted by Gasteiger charge is 2.08.